The van der Waals surface area contributed by atoms with Crippen LogP contribution in [-0.4, -0.2) is 26.2 Å². The fraction of sp³-hybridized carbons (Fsp3) is 0.200. The Morgan fingerprint density at radius 3 is 3.28 bits per heavy atom. The molecule has 0 spiro atoms. The van der Waals surface area contributed by atoms with E-state index in [0.29, 0.717) is 16.9 Å². The molecule has 3 aromatic rings. The minimum Gasteiger partial charge on any atom is -0.406 e. The number of nitrogens with zero attached hydrogens (tertiary/aromatic N) is 4. The average Bonchev–Trinajstić information content (AvgIpc) is 2.95. The van der Waals surface area contributed by atoms with E-state index in [-0.39, 0.29) is 6.54 Å². The van der Waals surface area contributed by atoms with Gasteiger partial charge in [-0.25, -0.2) is 9.78 Å². The number of fused-ring (bicyclic) bond motifs is 1. The zero-order chi connectivity index (χ0) is 12.5. The normalized spacial score (nSPS) is 10.9. The van der Waals surface area contributed by atoms with Crippen molar-refractivity contribution in [2.45, 2.75) is 6.54 Å². The van der Waals surface area contributed by atoms with Gasteiger partial charge >= 0.3 is 5.76 Å². The molecule has 0 amide bonds. The number of aromatic nitrogens is 4. The molecule has 0 aliphatic heterocycles. The first-order chi connectivity index (χ1) is 8.79. The molecule has 18 heavy (non-hydrogen) atoms. The second kappa shape index (κ2) is 4.22. The summed E-state index contributed by atoms with van der Waals surface area (Å²) in [5.41, 5.74) is 1.67. The van der Waals surface area contributed by atoms with Crippen molar-refractivity contribution >= 4 is 27.8 Å². The Bertz CT molecular complexity index is 744. The number of rotatable bonds is 3. The van der Waals surface area contributed by atoms with Crippen LogP contribution in [0.25, 0.3) is 11.2 Å². The highest BCUT2D eigenvalue weighted by atomic mass is 32.1. The van der Waals surface area contributed by atoms with Gasteiger partial charge in [-0.1, -0.05) is 4.49 Å². The minimum atomic E-state index is -0.446. The summed E-state index contributed by atoms with van der Waals surface area (Å²) < 4.78 is 10.4. The van der Waals surface area contributed by atoms with Gasteiger partial charge in [0, 0.05) is 24.8 Å². The lowest BCUT2D eigenvalue weighted by molar-refractivity contribution is 0.516. The number of anilines is 1. The first-order valence-electron chi connectivity index (χ1n) is 5.23. The standard InChI is InChI=1S/C10H9N5O2S/c1-11-9-6(13-14-18-9)5-15-8-7(17-10(15)16)3-2-4-12-8/h2-4,11H,5H2,1H3. The maximum absolute atomic E-state index is 11.8. The first-order valence-corrected chi connectivity index (χ1v) is 6.00. The quantitative estimate of drug-likeness (QED) is 0.756. The predicted octanol–water partition coefficient (Wildman–Crippen LogP) is 0.931. The molecule has 0 saturated carbocycles. The maximum atomic E-state index is 11.8. The van der Waals surface area contributed by atoms with E-state index in [9.17, 15) is 4.79 Å². The Hall–Kier alpha value is -2.22. The molecule has 0 atom stereocenters. The molecule has 0 aliphatic carbocycles. The molecule has 7 nitrogen and oxygen atoms in total. The predicted molar refractivity (Wildman–Crippen MR) is 66.8 cm³/mol. The second-order valence-electron chi connectivity index (χ2n) is 3.58. The zero-order valence-corrected chi connectivity index (χ0v) is 10.3. The lowest BCUT2D eigenvalue weighted by Crippen LogP contribution is -2.16. The topological polar surface area (TPSA) is 85.8 Å². The van der Waals surface area contributed by atoms with E-state index < -0.39 is 5.76 Å². The lowest BCUT2D eigenvalue weighted by Gasteiger charge is -2.00. The monoisotopic (exact) mass is 263 g/mol. The molecule has 0 saturated heterocycles. The van der Waals surface area contributed by atoms with Crippen LogP contribution in [0.3, 0.4) is 0 Å². The van der Waals surface area contributed by atoms with Crippen molar-refractivity contribution in [3.63, 3.8) is 0 Å². The van der Waals surface area contributed by atoms with Crippen molar-refractivity contribution in [3.8, 4) is 0 Å². The second-order valence-corrected chi connectivity index (χ2v) is 4.33. The summed E-state index contributed by atoms with van der Waals surface area (Å²) in [5, 5.41) is 7.80. The van der Waals surface area contributed by atoms with Crippen molar-refractivity contribution in [1.29, 1.82) is 0 Å². The van der Waals surface area contributed by atoms with Crippen LogP contribution < -0.4 is 11.1 Å². The lowest BCUT2D eigenvalue weighted by atomic mass is 10.4. The van der Waals surface area contributed by atoms with Gasteiger partial charge in [-0.05, 0) is 12.1 Å². The molecule has 3 heterocycles. The zero-order valence-electron chi connectivity index (χ0n) is 9.45. The van der Waals surface area contributed by atoms with Gasteiger partial charge in [0.15, 0.2) is 11.2 Å². The number of nitrogens with one attached hydrogen (secondary N) is 1. The Balaban J connectivity index is 2.10. The van der Waals surface area contributed by atoms with Crippen molar-refractivity contribution < 1.29 is 4.42 Å². The van der Waals surface area contributed by atoms with Crippen LogP contribution in [0.4, 0.5) is 5.00 Å². The number of pyridine rings is 1. The van der Waals surface area contributed by atoms with Crippen LogP contribution in [0.5, 0.6) is 0 Å². The van der Waals surface area contributed by atoms with Gasteiger partial charge in [0.1, 0.15) is 10.7 Å². The summed E-state index contributed by atoms with van der Waals surface area (Å²) in [6.07, 6.45) is 1.62. The average molecular weight is 263 g/mol. The molecule has 0 bridgehead atoms. The summed E-state index contributed by atoms with van der Waals surface area (Å²) in [6, 6.07) is 3.43. The van der Waals surface area contributed by atoms with Crippen molar-refractivity contribution in [2.24, 2.45) is 0 Å². The highest BCUT2D eigenvalue weighted by Gasteiger charge is 2.14. The molecule has 3 rings (SSSR count). The first kappa shape index (κ1) is 10.9. The summed E-state index contributed by atoms with van der Waals surface area (Å²) >= 11 is 1.24. The molecule has 0 unspecified atom stereocenters. The minimum absolute atomic E-state index is 0.287. The summed E-state index contributed by atoms with van der Waals surface area (Å²) in [6.45, 7) is 0.287. The van der Waals surface area contributed by atoms with Crippen molar-refractivity contribution in [3.05, 3.63) is 34.6 Å². The fourth-order valence-electron chi connectivity index (χ4n) is 1.69. The van der Waals surface area contributed by atoms with Gasteiger partial charge in [-0.2, -0.15) is 0 Å². The smallest absolute Gasteiger partial charge is 0.406 e. The number of hydrogen-bond donors (Lipinski definition) is 1. The van der Waals surface area contributed by atoms with Gasteiger partial charge in [-0.3, -0.25) is 4.57 Å². The van der Waals surface area contributed by atoms with Crippen LogP contribution in [-0.2, 0) is 6.54 Å². The van der Waals surface area contributed by atoms with Crippen molar-refractivity contribution in [2.75, 3.05) is 12.4 Å². The van der Waals surface area contributed by atoms with Gasteiger partial charge < -0.3 is 9.73 Å². The van der Waals surface area contributed by atoms with E-state index in [1.165, 1.54) is 16.1 Å². The Morgan fingerprint density at radius 2 is 2.44 bits per heavy atom. The summed E-state index contributed by atoms with van der Waals surface area (Å²) in [4.78, 5) is 15.9. The largest absolute Gasteiger partial charge is 0.421 e. The highest BCUT2D eigenvalue weighted by molar-refractivity contribution is 7.10. The maximum Gasteiger partial charge on any atom is 0.421 e. The molecule has 0 fully saturated rings. The molecule has 0 aromatic carbocycles. The molecular formula is C10H9N5O2S. The molecular weight excluding hydrogens is 254 g/mol. The van der Waals surface area contributed by atoms with E-state index in [2.05, 4.69) is 19.9 Å². The molecule has 8 heteroatoms. The van der Waals surface area contributed by atoms with Crippen LogP contribution in [0.15, 0.2) is 27.5 Å². The molecule has 3 aromatic heterocycles. The Morgan fingerprint density at radius 1 is 1.56 bits per heavy atom. The van der Waals surface area contributed by atoms with Crippen LogP contribution in [0.2, 0.25) is 0 Å². The van der Waals surface area contributed by atoms with Crippen molar-refractivity contribution in [1.82, 2.24) is 19.1 Å². The van der Waals surface area contributed by atoms with Crippen LogP contribution >= 0.6 is 11.5 Å². The van der Waals surface area contributed by atoms with Crippen LogP contribution in [0.1, 0.15) is 5.69 Å². The third-order valence-electron chi connectivity index (χ3n) is 2.51. The molecule has 1 N–H and O–H groups in total. The van der Waals surface area contributed by atoms with E-state index >= 15 is 0 Å². The van der Waals surface area contributed by atoms with Gasteiger partial charge in [0.05, 0.1) is 6.54 Å². The molecule has 92 valence electrons. The number of oxazole rings is 1. The van der Waals surface area contributed by atoms with E-state index in [1.54, 1.807) is 25.4 Å². The Kier molecular flexibility index (Phi) is 2.56. The van der Waals surface area contributed by atoms with Gasteiger partial charge in [0.25, 0.3) is 0 Å². The number of hydrogen-bond acceptors (Lipinski definition) is 7. The summed E-state index contributed by atoms with van der Waals surface area (Å²) in [5.74, 6) is -0.446. The highest BCUT2D eigenvalue weighted by Crippen LogP contribution is 2.18. The summed E-state index contributed by atoms with van der Waals surface area (Å²) in [7, 11) is 1.78. The molecule has 0 radical (unpaired) electrons. The third kappa shape index (κ3) is 1.66. The fourth-order valence-corrected chi connectivity index (χ4v) is 2.21. The van der Waals surface area contributed by atoms with Gasteiger partial charge in [-0.15, -0.1) is 5.10 Å². The van der Waals surface area contributed by atoms with E-state index in [1.807, 2.05) is 0 Å². The van der Waals surface area contributed by atoms with E-state index in [0.717, 1.165) is 5.00 Å². The third-order valence-corrected chi connectivity index (χ3v) is 3.30. The van der Waals surface area contributed by atoms with Gasteiger partial charge in [0.2, 0.25) is 0 Å². The molecule has 0 aliphatic rings. The van der Waals surface area contributed by atoms with E-state index in [4.69, 9.17) is 4.42 Å². The Labute approximate surface area is 105 Å². The van der Waals surface area contributed by atoms with Crippen LogP contribution in [0, 0.1) is 0 Å². The SMILES string of the molecule is CNc1snnc1Cn1c(=O)oc2cccnc21.